The van der Waals surface area contributed by atoms with Gasteiger partial charge >= 0.3 is 6.03 Å². The van der Waals surface area contributed by atoms with Gasteiger partial charge in [-0.05, 0) is 31.2 Å². The van der Waals surface area contributed by atoms with Crippen molar-refractivity contribution in [2.24, 2.45) is 0 Å². The van der Waals surface area contributed by atoms with Crippen molar-refractivity contribution in [3.8, 4) is 0 Å². The van der Waals surface area contributed by atoms with Gasteiger partial charge in [-0.2, -0.15) is 0 Å². The number of anilines is 2. The maximum atomic E-state index is 12.8. The van der Waals surface area contributed by atoms with E-state index in [4.69, 9.17) is 4.74 Å². The van der Waals surface area contributed by atoms with E-state index in [1.807, 2.05) is 37.3 Å². The van der Waals surface area contributed by atoms with Crippen LogP contribution < -0.4 is 15.5 Å². The first-order chi connectivity index (χ1) is 16.4. The molecule has 4 atom stereocenters. The summed E-state index contributed by atoms with van der Waals surface area (Å²) in [7, 11) is 0. The predicted octanol–water partition coefficient (Wildman–Crippen LogP) is 1.34. The van der Waals surface area contributed by atoms with Crippen LogP contribution in [-0.4, -0.2) is 84.2 Å². The molecule has 0 aromatic heterocycles. The first-order valence-corrected chi connectivity index (χ1v) is 11.6. The van der Waals surface area contributed by atoms with Crippen molar-refractivity contribution in [1.29, 1.82) is 0 Å². The number of carbonyl (C=O) groups is 2. The van der Waals surface area contributed by atoms with E-state index in [9.17, 15) is 19.8 Å². The van der Waals surface area contributed by atoms with Gasteiger partial charge in [0.2, 0.25) is 5.91 Å². The fraction of sp³-hybridized carbons (Fsp3) is 0.440. The third kappa shape index (κ3) is 5.85. The van der Waals surface area contributed by atoms with Crippen molar-refractivity contribution < 1.29 is 24.5 Å². The molecule has 9 heteroatoms. The van der Waals surface area contributed by atoms with E-state index in [0.717, 1.165) is 24.3 Å². The molecule has 2 aromatic rings. The summed E-state index contributed by atoms with van der Waals surface area (Å²) in [6.45, 7) is 4.60. The molecule has 2 saturated heterocycles. The Hall–Kier alpha value is -3.14. The molecule has 182 valence electrons. The van der Waals surface area contributed by atoms with Crippen molar-refractivity contribution in [1.82, 2.24) is 10.2 Å². The molecule has 34 heavy (non-hydrogen) atoms. The van der Waals surface area contributed by atoms with Crippen molar-refractivity contribution in [3.05, 3.63) is 60.2 Å². The summed E-state index contributed by atoms with van der Waals surface area (Å²) in [5.74, 6) is -0.116. The minimum absolute atomic E-state index is 0.0103. The first kappa shape index (κ1) is 24.0. The Balaban J connectivity index is 1.22. The second-order valence-corrected chi connectivity index (χ2v) is 8.80. The van der Waals surface area contributed by atoms with Crippen LogP contribution in [0.15, 0.2) is 54.6 Å². The number of amides is 3. The van der Waals surface area contributed by atoms with Gasteiger partial charge in [0.15, 0.2) is 0 Å². The molecule has 2 heterocycles. The van der Waals surface area contributed by atoms with E-state index in [1.165, 1.54) is 0 Å². The number of benzene rings is 2. The number of carbonyl (C=O) groups excluding carboxylic acids is 2. The number of aliphatic hydroxyl groups excluding tert-OH is 2. The van der Waals surface area contributed by atoms with E-state index >= 15 is 0 Å². The highest BCUT2D eigenvalue weighted by Crippen LogP contribution is 2.25. The normalized spacial score (nSPS) is 24.7. The van der Waals surface area contributed by atoms with Gasteiger partial charge in [0.25, 0.3) is 0 Å². The van der Waals surface area contributed by atoms with Gasteiger partial charge in [-0.3, -0.25) is 4.79 Å². The Morgan fingerprint density at radius 1 is 0.941 bits per heavy atom. The number of ether oxygens (including phenoxy) is 1. The number of rotatable bonds is 6. The Morgan fingerprint density at radius 2 is 1.59 bits per heavy atom. The molecule has 0 spiro atoms. The molecule has 4 N–H and O–H groups in total. The zero-order valence-corrected chi connectivity index (χ0v) is 19.3. The monoisotopic (exact) mass is 468 g/mol. The van der Waals surface area contributed by atoms with Crippen LogP contribution in [0.5, 0.6) is 0 Å². The van der Waals surface area contributed by atoms with Crippen LogP contribution in [0.1, 0.15) is 12.0 Å². The third-order valence-electron chi connectivity index (χ3n) is 6.36. The van der Waals surface area contributed by atoms with Gasteiger partial charge in [-0.25, -0.2) is 4.79 Å². The minimum Gasteiger partial charge on any atom is -0.388 e. The predicted molar refractivity (Wildman–Crippen MR) is 129 cm³/mol. The Labute approximate surface area is 199 Å². The van der Waals surface area contributed by atoms with Gasteiger partial charge in [-0.15, -0.1) is 0 Å². The number of piperazine rings is 1. The Kier molecular flexibility index (Phi) is 7.66. The molecule has 2 aromatic carbocycles. The lowest BCUT2D eigenvalue weighted by molar-refractivity contribution is -0.135. The van der Waals surface area contributed by atoms with Crippen LogP contribution in [0.2, 0.25) is 0 Å². The van der Waals surface area contributed by atoms with E-state index in [1.54, 1.807) is 17.0 Å². The number of nitrogens with one attached hydrogen (secondary N) is 2. The molecule has 0 bridgehead atoms. The summed E-state index contributed by atoms with van der Waals surface area (Å²) in [5.41, 5.74) is 2.86. The minimum atomic E-state index is -1.19. The molecule has 2 aliphatic heterocycles. The first-order valence-electron chi connectivity index (χ1n) is 11.6. The van der Waals surface area contributed by atoms with Gasteiger partial charge in [-0.1, -0.05) is 35.9 Å². The van der Waals surface area contributed by atoms with Crippen LogP contribution in [0.4, 0.5) is 16.2 Å². The highest BCUT2D eigenvalue weighted by Gasteiger charge is 2.44. The fourth-order valence-corrected chi connectivity index (χ4v) is 4.32. The third-order valence-corrected chi connectivity index (χ3v) is 6.36. The SMILES string of the molecule is Cc1ccc(NC(=O)NCC2OC(CC(=O)N3CCN(c4ccccc4)CC3)C(O)C2O)cc1. The molecule has 4 unspecified atom stereocenters. The number of urea groups is 1. The summed E-state index contributed by atoms with van der Waals surface area (Å²) in [6, 6.07) is 17.0. The van der Waals surface area contributed by atoms with Gasteiger partial charge in [0.1, 0.15) is 18.3 Å². The van der Waals surface area contributed by atoms with E-state index in [0.29, 0.717) is 18.8 Å². The second-order valence-electron chi connectivity index (χ2n) is 8.80. The number of hydrogen-bond acceptors (Lipinski definition) is 6. The standard InChI is InChI=1S/C25H32N4O5/c1-17-7-9-18(10-8-17)27-25(33)26-16-21-24(32)23(31)20(34-21)15-22(30)29-13-11-28(12-14-29)19-5-3-2-4-6-19/h2-10,20-21,23-24,31-32H,11-16H2,1H3,(H2,26,27,33). The van der Waals surface area contributed by atoms with Gasteiger partial charge < -0.3 is 35.4 Å². The number of hydrogen-bond donors (Lipinski definition) is 4. The number of aryl methyl sites for hydroxylation is 1. The summed E-state index contributed by atoms with van der Waals surface area (Å²) in [4.78, 5) is 29.0. The fourth-order valence-electron chi connectivity index (χ4n) is 4.32. The molecule has 9 nitrogen and oxygen atoms in total. The number of para-hydroxylation sites is 1. The molecule has 3 amide bonds. The van der Waals surface area contributed by atoms with E-state index in [-0.39, 0.29) is 18.9 Å². The molecule has 4 rings (SSSR count). The lowest BCUT2D eigenvalue weighted by Crippen LogP contribution is -2.49. The van der Waals surface area contributed by atoms with Gasteiger partial charge in [0, 0.05) is 44.1 Å². The maximum absolute atomic E-state index is 12.8. The zero-order chi connectivity index (χ0) is 24.1. The average molecular weight is 469 g/mol. The average Bonchev–Trinajstić information content (AvgIpc) is 3.12. The maximum Gasteiger partial charge on any atom is 0.319 e. The second kappa shape index (κ2) is 10.9. The lowest BCUT2D eigenvalue weighted by Gasteiger charge is -2.36. The number of nitrogens with zero attached hydrogens (tertiary/aromatic N) is 2. The summed E-state index contributed by atoms with van der Waals surface area (Å²) >= 11 is 0. The largest absolute Gasteiger partial charge is 0.388 e. The van der Waals surface area contributed by atoms with Crippen LogP contribution in [0.3, 0.4) is 0 Å². The summed E-state index contributed by atoms with van der Waals surface area (Å²) in [6.07, 6.45) is -4.02. The van der Waals surface area contributed by atoms with E-state index < -0.39 is 30.4 Å². The smallest absolute Gasteiger partial charge is 0.319 e. The van der Waals surface area contributed by atoms with Gasteiger partial charge in [0.05, 0.1) is 12.5 Å². The van der Waals surface area contributed by atoms with Crippen LogP contribution in [0, 0.1) is 6.92 Å². The van der Waals surface area contributed by atoms with Crippen molar-refractivity contribution in [3.63, 3.8) is 0 Å². The summed E-state index contributed by atoms with van der Waals surface area (Å²) in [5, 5.41) is 26.1. The summed E-state index contributed by atoms with van der Waals surface area (Å²) < 4.78 is 5.75. The zero-order valence-electron chi connectivity index (χ0n) is 19.3. The highest BCUT2D eigenvalue weighted by molar-refractivity contribution is 5.89. The van der Waals surface area contributed by atoms with E-state index in [2.05, 4.69) is 27.7 Å². The molecule has 2 fully saturated rings. The quantitative estimate of drug-likeness (QED) is 0.509. The lowest BCUT2D eigenvalue weighted by atomic mass is 10.0. The topological polar surface area (TPSA) is 114 Å². The molecular weight excluding hydrogens is 436 g/mol. The molecule has 0 saturated carbocycles. The van der Waals surface area contributed by atoms with Crippen LogP contribution in [-0.2, 0) is 9.53 Å². The van der Waals surface area contributed by atoms with Crippen molar-refractivity contribution in [2.75, 3.05) is 42.9 Å². The van der Waals surface area contributed by atoms with Crippen LogP contribution >= 0.6 is 0 Å². The molecule has 0 radical (unpaired) electrons. The Bertz CT molecular complexity index is 963. The Morgan fingerprint density at radius 3 is 2.26 bits per heavy atom. The van der Waals surface area contributed by atoms with Crippen molar-refractivity contribution in [2.45, 2.75) is 37.8 Å². The molecular formula is C25H32N4O5. The highest BCUT2D eigenvalue weighted by atomic mass is 16.5. The van der Waals surface area contributed by atoms with Crippen LogP contribution in [0.25, 0.3) is 0 Å². The number of aliphatic hydroxyl groups is 2. The molecule has 2 aliphatic rings. The van der Waals surface area contributed by atoms with Crippen molar-refractivity contribution >= 4 is 23.3 Å². The molecule has 0 aliphatic carbocycles.